The van der Waals surface area contributed by atoms with Crippen molar-refractivity contribution in [2.75, 3.05) is 17.2 Å². The lowest BCUT2D eigenvalue weighted by Gasteiger charge is -2.09. The van der Waals surface area contributed by atoms with E-state index in [0.717, 1.165) is 12.1 Å². The highest BCUT2D eigenvalue weighted by Gasteiger charge is 2.10. The van der Waals surface area contributed by atoms with Crippen LogP contribution >= 0.6 is 0 Å². The molecule has 126 valence electrons. The van der Waals surface area contributed by atoms with Crippen LogP contribution in [0.25, 0.3) is 0 Å². The average molecular weight is 327 g/mol. The molecule has 0 radical (unpaired) electrons. The SMILES string of the molecule is CCCNC(=O)c1cc(C)nc(Nc2ccc(NC(C)=O)cc2)n1. The number of anilines is 3. The Labute approximate surface area is 140 Å². The number of hydrogen-bond donors (Lipinski definition) is 3. The quantitative estimate of drug-likeness (QED) is 0.758. The summed E-state index contributed by atoms with van der Waals surface area (Å²) in [6, 6.07) is 8.79. The second-order valence-corrected chi connectivity index (χ2v) is 5.36. The number of rotatable bonds is 6. The van der Waals surface area contributed by atoms with Crippen LogP contribution in [0.5, 0.6) is 0 Å². The van der Waals surface area contributed by atoms with Gasteiger partial charge in [-0.05, 0) is 43.7 Å². The van der Waals surface area contributed by atoms with Gasteiger partial charge in [0.05, 0.1) is 0 Å². The minimum absolute atomic E-state index is 0.125. The Hall–Kier alpha value is -2.96. The fraction of sp³-hybridized carbons (Fsp3) is 0.294. The van der Waals surface area contributed by atoms with Crippen molar-refractivity contribution in [1.82, 2.24) is 15.3 Å². The summed E-state index contributed by atoms with van der Waals surface area (Å²) in [6.45, 7) is 5.86. The topological polar surface area (TPSA) is 96.0 Å². The Kier molecular flexibility index (Phi) is 5.83. The Morgan fingerprint density at radius 1 is 1.08 bits per heavy atom. The van der Waals surface area contributed by atoms with E-state index < -0.39 is 0 Å². The van der Waals surface area contributed by atoms with Crippen molar-refractivity contribution in [3.63, 3.8) is 0 Å². The first-order valence-corrected chi connectivity index (χ1v) is 7.76. The minimum atomic E-state index is -0.216. The lowest BCUT2D eigenvalue weighted by atomic mass is 10.2. The third-order valence-corrected chi connectivity index (χ3v) is 3.08. The molecule has 3 N–H and O–H groups in total. The van der Waals surface area contributed by atoms with Crippen LogP contribution in [0.4, 0.5) is 17.3 Å². The summed E-state index contributed by atoms with van der Waals surface area (Å²) in [6.07, 6.45) is 0.863. The molecule has 0 bridgehead atoms. The van der Waals surface area contributed by atoms with Crippen LogP contribution in [0.2, 0.25) is 0 Å². The fourth-order valence-corrected chi connectivity index (χ4v) is 2.04. The summed E-state index contributed by atoms with van der Waals surface area (Å²) < 4.78 is 0. The first kappa shape index (κ1) is 17.4. The van der Waals surface area contributed by atoms with Crippen LogP contribution in [0, 0.1) is 6.92 Å². The summed E-state index contributed by atoms with van der Waals surface area (Å²) in [5, 5.41) is 8.55. The zero-order valence-corrected chi connectivity index (χ0v) is 14.0. The van der Waals surface area contributed by atoms with E-state index in [0.29, 0.717) is 29.6 Å². The second-order valence-electron chi connectivity index (χ2n) is 5.36. The molecule has 0 saturated heterocycles. The molecule has 1 heterocycles. The molecule has 2 amide bonds. The first-order chi connectivity index (χ1) is 11.5. The van der Waals surface area contributed by atoms with Crippen molar-refractivity contribution in [3.05, 3.63) is 41.7 Å². The van der Waals surface area contributed by atoms with Gasteiger partial charge in [0.2, 0.25) is 11.9 Å². The maximum absolute atomic E-state index is 12.0. The molecular formula is C17H21N5O2. The van der Waals surface area contributed by atoms with Crippen molar-refractivity contribution in [2.45, 2.75) is 27.2 Å². The largest absolute Gasteiger partial charge is 0.351 e. The molecule has 2 aromatic rings. The zero-order valence-electron chi connectivity index (χ0n) is 14.0. The van der Waals surface area contributed by atoms with Crippen LogP contribution < -0.4 is 16.0 Å². The molecule has 0 aliphatic rings. The molecule has 0 aliphatic carbocycles. The summed E-state index contributed by atoms with van der Waals surface area (Å²) in [5.41, 5.74) is 2.49. The first-order valence-electron chi connectivity index (χ1n) is 7.76. The zero-order chi connectivity index (χ0) is 17.5. The molecular weight excluding hydrogens is 306 g/mol. The third-order valence-electron chi connectivity index (χ3n) is 3.08. The molecule has 24 heavy (non-hydrogen) atoms. The van der Waals surface area contributed by atoms with Gasteiger partial charge in [0.25, 0.3) is 5.91 Å². The standard InChI is InChI=1S/C17H21N5O2/c1-4-9-18-16(24)15-10-11(2)19-17(22-15)21-14-7-5-13(6-8-14)20-12(3)23/h5-8,10H,4,9H2,1-3H3,(H,18,24)(H,20,23)(H,19,21,22). The predicted octanol–water partition coefficient (Wildman–Crippen LogP) is 2.63. The molecule has 0 fully saturated rings. The van der Waals surface area contributed by atoms with Crippen LogP contribution in [-0.4, -0.2) is 28.3 Å². The average Bonchev–Trinajstić information content (AvgIpc) is 2.53. The molecule has 0 saturated carbocycles. The lowest BCUT2D eigenvalue weighted by molar-refractivity contribution is -0.114. The summed E-state index contributed by atoms with van der Waals surface area (Å²) in [5.74, 6) is 0.00999. The van der Waals surface area contributed by atoms with E-state index >= 15 is 0 Å². The summed E-state index contributed by atoms with van der Waals surface area (Å²) >= 11 is 0. The van der Waals surface area contributed by atoms with Gasteiger partial charge in [-0.2, -0.15) is 0 Å². The van der Waals surface area contributed by atoms with Gasteiger partial charge < -0.3 is 16.0 Å². The van der Waals surface area contributed by atoms with Gasteiger partial charge in [0.15, 0.2) is 0 Å². The summed E-state index contributed by atoms with van der Waals surface area (Å²) in [4.78, 5) is 31.6. The van der Waals surface area contributed by atoms with Crippen LogP contribution in [0.3, 0.4) is 0 Å². The molecule has 2 rings (SSSR count). The number of aryl methyl sites for hydroxylation is 1. The fourth-order valence-electron chi connectivity index (χ4n) is 2.04. The van der Waals surface area contributed by atoms with E-state index in [9.17, 15) is 9.59 Å². The van der Waals surface area contributed by atoms with E-state index in [-0.39, 0.29) is 11.8 Å². The molecule has 7 nitrogen and oxygen atoms in total. The highest BCUT2D eigenvalue weighted by molar-refractivity contribution is 5.92. The molecule has 0 atom stereocenters. The number of aromatic nitrogens is 2. The van der Waals surface area contributed by atoms with E-state index in [4.69, 9.17) is 0 Å². The molecule has 0 aliphatic heterocycles. The van der Waals surface area contributed by atoms with Gasteiger partial charge >= 0.3 is 0 Å². The van der Waals surface area contributed by atoms with Crippen molar-refractivity contribution < 1.29 is 9.59 Å². The third kappa shape index (κ3) is 5.05. The van der Waals surface area contributed by atoms with Crippen molar-refractivity contribution >= 4 is 29.1 Å². The highest BCUT2D eigenvalue weighted by Crippen LogP contribution is 2.17. The van der Waals surface area contributed by atoms with Gasteiger partial charge in [0, 0.05) is 30.5 Å². The van der Waals surface area contributed by atoms with E-state index in [1.54, 1.807) is 30.3 Å². The number of amides is 2. The molecule has 0 unspecified atom stereocenters. The lowest BCUT2D eigenvalue weighted by Crippen LogP contribution is -2.25. The number of benzene rings is 1. The van der Waals surface area contributed by atoms with Crippen molar-refractivity contribution in [1.29, 1.82) is 0 Å². The van der Waals surface area contributed by atoms with E-state index in [2.05, 4.69) is 25.9 Å². The Morgan fingerprint density at radius 2 is 1.75 bits per heavy atom. The number of carbonyl (C=O) groups is 2. The number of nitrogens with one attached hydrogen (secondary N) is 3. The highest BCUT2D eigenvalue weighted by atomic mass is 16.2. The van der Waals surface area contributed by atoms with Crippen LogP contribution in [0.15, 0.2) is 30.3 Å². The van der Waals surface area contributed by atoms with Gasteiger partial charge in [-0.25, -0.2) is 9.97 Å². The second kappa shape index (κ2) is 8.05. The Balaban J connectivity index is 2.13. The summed E-state index contributed by atoms with van der Waals surface area (Å²) in [7, 11) is 0. The van der Waals surface area contributed by atoms with Gasteiger partial charge in [-0.1, -0.05) is 6.92 Å². The van der Waals surface area contributed by atoms with E-state index in [1.807, 2.05) is 13.8 Å². The minimum Gasteiger partial charge on any atom is -0.351 e. The Bertz CT molecular complexity index is 728. The van der Waals surface area contributed by atoms with Gasteiger partial charge in [-0.15, -0.1) is 0 Å². The monoisotopic (exact) mass is 327 g/mol. The van der Waals surface area contributed by atoms with Gasteiger partial charge in [-0.3, -0.25) is 9.59 Å². The Morgan fingerprint density at radius 3 is 2.38 bits per heavy atom. The normalized spacial score (nSPS) is 10.1. The predicted molar refractivity (Wildman–Crippen MR) is 93.4 cm³/mol. The van der Waals surface area contributed by atoms with E-state index in [1.165, 1.54) is 6.92 Å². The molecule has 7 heteroatoms. The van der Waals surface area contributed by atoms with Crippen molar-refractivity contribution in [3.8, 4) is 0 Å². The van der Waals surface area contributed by atoms with Gasteiger partial charge in [0.1, 0.15) is 5.69 Å². The van der Waals surface area contributed by atoms with Crippen LogP contribution in [0.1, 0.15) is 36.5 Å². The number of hydrogen-bond acceptors (Lipinski definition) is 5. The smallest absolute Gasteiger partial charge is 0.270 e. The number of nitrogens with zero attached hydrogens (tertiary/aromatic N) is 2. The van der Waals surface area contributed by atoms with Crippen molar-refractivity contribution in [2.24, 2.45) is 0 Å². The number of carbonyl (C=O) groups excluding carboxylic acids is 2. The maximum atomic E-state index is 12.0. The molecule has 1 aromatic heterocycles. The molecule has 1 aromatic carbocycles. The maximum Gasteiger partial charge on any atom is 0.270 e. The van der Waals surface area contributed by atoms with Crippen LogP contribution in [-0.2, 0) is 4.79 Å². The molecule has 0 spiro atoms.